The fourth-order valence-electron chi connectivity index (χ4n) is 3.32. The second kappa shape index (κ2) is 20.7. The number of nitrogens with zero attached hydrogens (tertiary/aromatic N) is 1. The number of allylic oxidation sites excluding steroid dienone is 8. The monoisotopic (exact) mass is 534 g/mol. The van der Waals surface area contributed by atoms with E-state index in [9.17, 15) is 26.7 Å². The Labute approximate surface area is 218 Å². The molecule has 4 nitrogen and oxygen atoms in total. The van der Waals surface area contributed by atoms with Gasteiger partial charge < -0.3 is 10.8 Å². The molecule has 0 amide bonds. The molecule has 0 aromatic rings. The minimum absolute atomic E-state index is 0.279. The zero-order valence-corrected chi connectivity index (χ0v) is 21.9. The first-order chi connectivity index (χ1) is 17.6. The van der Waals surface area contributed by atoms with Crippen molar-refractivity contribution in [3.8, 4) is 0 Å². The second-order valence-corrected chi connectivity index (χ2v) is 8.91. The van der Waals surface area contributed by atoms with E-state index >= 15 is 0 Å². The highest BCUT2D eigenvalue weighted by molar-refractivity contribution is 5.89. The number of halogens is 5. The molecule has 0 saturated heterocycles. The van der Waals surface area contributed by atoms with Crippen LogP contribution in [0, 0.1) is 0 Å². The molecule has 0 aliphatic carbocycles. The minimum Gasteiger partial charge on any atom is -0.480 e. The molecular formula is C28H43F5N2O2. The van der Waals surface area contributed by atoms with E-state index in [4.69, 9.17) is 10.8 Å². The van der Waals surface area contributed by atoms with Gasteiger partial charge in [-0.1, -0.05) is 68.4 Å². The molecule has 0 aromatic heterocycles. The van der Waals surface area contributed by atoms with E-state index in [-0.39, 0.29) is 19.3 Å². The van der Waals surface area contributed by atoms with E-state index in [2.05, 4.69) is 42.3 Å². The van der Waals surface area contributed by atoms with Gasteiger partial charge in [-0.3, -0.25) is 4.99 Å². The maximum absolute atomic E-state index is 13.2. The van der Waals surface area contributed by atoms with Gasteiger partial charge in [0.1, 0.15) is 5.71 Å². The van der Waals surface area contributed by atoms with Gasteiger partial charge in [0, 0.05) is 6.54 Å². The predicted octanol–water partition coefficient (Wildman–Crippen LogP) is 8.35. The molecule has 9 heteroatoms. The molecule has 0 aliphatic heterocycles. The number of rotatable bonds is 21. The van der Waals surface area contributed by atoms with Crippen LogP contribution in [0.15, 0.2) is 53.6 Å². The first-order valence-electron chi connectivity index (χ1n) is 13.1. The molecule has 212 valence electrons. The van der Waals surface area contributed by atoms with Crippen molar-refractivity contribution in [2.45, 2.75) is 109 Å². The van der Waals surface area contributed by atoms with Gasteiger partial charge in [-0.2, -0.15) is 13.2 Å². The summed E-state index contributed by atoms with van der Waals surface area (Å²) in [6.07, 6.45) is 16.5. The summed E-state index contributed by atoms with van der Waals surface area (Å²) in [5, 5.41) is 8.83. The first-order valence-corrected chi connectivity index (χ1v) is 13.1. The number of carboxylic acid groups (broad SMARTS) is 1. The Morgan fingerprint density at radius 3 is 1.76 bits per heavy atom. The average Bonchev–Trinajstić information content (AvgIpc) is 2.83. The number of unbranched alkanes of at least 4 members (excludes halogenated alkanes) is 5. The molecule has 3 N–H and O–H groups in total. The zero-order chi connectivity index (χ0) is 28.0. The number of carbonyl (C=O) groups is 1. The Morgan fingerprint density at radius 1 is 0.838 bits per heavy atom. The third-order valence-corrected chi connectivity index (χ3v) is 5.66. The summed E-state index contributed by atoms with van der Waals surface area (Å²) in [5.74, 6) is -1.89. The Bertz CT molecular complexity index is 758. The van der Waals surface area contributed by atoms with Gasteiger partial charge in [0.25, 0.3) is 6.43 Å². The summed E-state index contributed by atoms with van der Waals surface area (Å²) in [4.78, 5) is 14.4. The van der Waals surface area contributed by atoms with Crippen molar-refractivity contribution in [1.82, 2.24) is 0 Å². The van der Waals surface area contributed by atoms with Crippen LogP contribution in [0.1, 0.15) is 90.4 Å². The number of carboxylic acids is 1. The van der Waals surface area contributed by atoms with Gasteiger partial charge >= 0.3 is 12.1 Å². The number of nitrogens with two attached hydrogens (primary N) is 1. The third kappa shape index (κ3) is 17.7. The molecule has 0 aromatic carbocycles. The van der Waals surface area contributed by atoms with Crippen molar-refractivity contribution in [2.75, 3.05) is 6.54 Å². The Kier molecular flexibility index (Phi) is 19.4. The van der Waals surface area contributed by atoms with Crippen LogP contribution in [0.5, 0.6) is 0 Å². The van der Waals surface area contributed by atoms with Gasteiger partial charge in [0.15, 0.2) is 5.54 Å². The molecule has 0 bridgehead atoms. The van der Waals surface area contributed by atoms with Gasteiger partial charge in [-0.25, -0.2) is 13.6 Å². The van der Waals surface area contributed by atoms with E-state index in [1.807, 2.05) is 18.2 Å². The normalized spacial score (nSPS) is 15.2. The number of aliphatic carboxylic acids is 1. The van der Waals surface area contributed by atoms with Crippen LogP contribution in [0.3, 0.4) is 0 Å². The highest BCUT2D eigenvalue weighted by Crippen LogP contribution is 2.23. The van der Waals surface area contributed by atoms with Gasteiger partial charge in [-0.05, 0) is 70.6 Å². The molecule has 0 aliphatic rings. The maximum atomic E-state index is 13.2. The van der Waals surface area contributed by atoms with Crippen LogP contribution < -0.4 is 5.73 Å². The van der Waals surface area contributed by atoms with Crippen LogP contribution in [0.25, 0.3) is 0 Å². The Balaban J connectivity index is 4.15. The van der Waals surface area contributed by atoms with E-state index in [0.29, 0.717) is 12.8 Å². The Hall–Kier alpha value is -2.29. The van der Waals surface area contributed by atoms with Crippen LogP contribution in [0.2, 0.25) is 0 Å². The fourth-order valence-corrected chi connectivity index (χ4v) is 3.32. The summed E-state index contributed by atoms with van der Waals surface area (Å²) < 4.78 is 65.1. The highest BCUT2D eigenvalue weighted by atomic mass is 19.4. The van der Waals surface area contributed by atoms with Crippen LogP contribution >= 0.6 is 0 Å². The molecule has 0 saturated carbocycles. The summed E-state index contributed by atoms with van der Waals surface area (Å²) in [6.45, 7) is 1.78. The topological polar surface area (TPSA) is 75.7 Å². The molecule has 0 radical (unpaired) electrons. The van der Waals surface area contributed by atoms with Crippen molar-refractivity contribution in [3.63, 3.8) is 0 Å². The highest BCUT2D eigenvalue weighted by Gasteiger charge is 2.43. The van der Waals surface area contributed by atoms with Crippen molar-refractivity contribution >= 4 is 11.7 Å². The summed E-state index contributed by atoms with van der Waals surface area (Å²) in [5.41, 5.74) is 1.42. The smallest absolute Gasteiger partial charge is 0.429 e. The van der Waals surface area contributed by atoms with E-state index in [1.165, 1.54) is 19.3 Å². The molecule has 37 heavy (non-hydrogen) atoms. The predicted molar refractivity (Wildman–Crippen MR) is 141 cm³/mol. The lowest BCUT2D eigenvalue weighted by Gasteiger charge is -2.23. The van der Waals surface area contributed by atoms with Crippen LogP contribution in [-0.2, 0) is 4.79 Å². The molecule has 0 fully saturated rings. The number of hydrogen-bond acceptors (Lipinski definition) is 3. The van der Waals surface area contributed by atoms with E-state index in [0.717, 1.165) is 25.7 Å². The van der Waals surface area contributed by atoms with Crippen molar-refractivity contribution in [2.24, 2.45) is 10.7 Å². The van der Waals surface area contributed by atoms with Crippen LogP contribution in [-0.4, -0.2) is 41.5 Å². The minimum atomic E-state index is -4.62. The lowest BCUT2D eigenvalue weighted by atomic mass is 9.95. The fraction of sp³-hybridized carbons (Fsp3) is 0.643. The Morgan fingerprint density at radius 2 is 1.32 bits per heavy atom. The SMILES string of the molecule is CCCCC/C=C/C/C=C/C/C=C/C/C=C/CCCC/C(=N/CCCC(N)(C(=O)O)C(F)F)C(F)(F)F. The van der Waals surface area contributed by atoms with Crippen LogP contribution in [0.4, 0.5) is 22.0 Å². The van der Waals surface area contributed by atoms with E-state index < -0.39 is 42.8 Å². The summed E-state index contributed by atoms with van der Waals surface area (Å²) in [6, 6.07) is 0. The van der Waals surface area contributed by atoms with Gasteiger partial charge in [0.05, 0.1) is 0 Å². The lowest BCUT2D eigenvalue weighted by Crippen LogP contribution is -2.54. The largest absolute Gasteiger partial charge is 0.480 e. The maximum Gasteiger partial charge on any atom is 0.429 e. The van der Waals surface area contributed by atoms with E-state index in [1.54, 1.807) is 0 Å². The number of hydrogen-bond donors (Lipinski definition) is 2. The molecule has 1 atom stereocenters. The second-order valence-electron chi connectivity index (χ2n) is 8.91. The average molecular weight is 535 g/mol. The lowest BCUT2D eigenvalue weighted by molar-refractivity contribution is -0.150. The third-order valence-electron chi connectivity index (χ3n) is 5.66. The summed E-state index contributed by atoms with van der Waals surface area (Å²) in [7, 11) is 0. The molecule has 0 spiro atoms. The molecule has 0 rings (SSSR count). The van der Waals surface area contributed by atoms with Crippen molar-refractivity contribution in [1.29, 1.82) is 0 Å². The van der Waals surface area contributed by atoms with Crippen molar-refractivity contribution < 1.29 is 31.9 Å². The zero-order valence-electron chi connectivity index (χ0n) is 21.9. The van der Waals surface area contributed by atoms with Gasteiger partial charge in [-0.15, -0.1) is 0 Å². The summed E-state index contributed by atoms with van der Waals surface area (Å²) >= 11 is 0. The molecular weight excluding hydrogens is 491 g/mol. The molecule has 0 heterocycles. The standard InChI is InChI=1S/C28H43F5N2O2/c1-2-3-4-5-6-7-8-9-10-11-12-13-14-15-16-17-18-19-21-24(28(31,32)33)35-23-20-22-27(34,25(29)30)26(36)37/h6-7,9-10,12-13,15-16,25H,2-5,8,11,14,17-23,34H2,1H3,(H,36,37)/b7-6+,10-9+,13-12+,16-15+,35-24-. The van der Waals surface area contributed by atoms with Crippen molar-refractivity contribution in [3.05, 3.63) is 48.6 Å². The molecule has 1 unspecified atom stereocenters. The van der Waals surface area contributed by atoms with Gasteiger partial charge in [0.2, 0.25) is 0 Å². The number of alkyl halides is 5. The number of aliphatic imine (C=N–C) groups is 1. The first kappa shape index (κ1) is 34.7. The quantitative estimate of drug-likeness (QED) is 0.0672.